The summed E-state index contributed by atoms with van der Waals surface area (Å²) in [5, 5.41) is 0. The molecule has 19 heavy (non-hydrogen) atoms. The largest absolute Gasteiger partial charge is 0.497 e. The maximum Gasteiger partial charge on any atom is 0.232 e. The summed E-state index contributed by atoms with van der Waals surface area (Å²) < 4.78 is 5.30. The summed E-state index contributed by atoms with van der Waals surface area (Å²) in [5.74, 6) is 1.07. The Morgan fingerprint density at radius 2 is 2.16 bits per heavy atom. The summed E-state index contributed by atoms with van der Waals surface area (Å²) in [6, 6.07) is 7.98. The first-order chi connectivity index (χ1) is 9.14. The van der Waals surface area contributed by atoms with Crippen molar-refractivity contribution in [2.75, 3.05) is 20.7 Å². The number of carbonyl (C=O) groups excluding carboxylic acids is 1. The Bertz CT molecular complexity index is 458. The van der Waals surface area contributed by atoms with Crippen LogP contribution in [0.4, 0.5) is 0 Å². The van der Waals surface area contributed by atoms with Gasteiger partial charge in [0.2, 0.25) is 5.91 Å². The third-order valence-corrected chi connectivity index (χ3v) is 4.33. The van der Waals surface area contributed by atoms with Crippen LogP contribution in [0.5, 0.6) is 5.75 Å². The summed E-state index contributed by atoms with van der Waals surface area (Å²) in [6.07, 6.45) is 3.96. The van der Waals surface area contributed by atoms with Crippen LogP contribution in [0.3, 0.4) is 0 Å². The van der Waals surface area contributed by atoms with Gasteiger partial charge in [0.25, 0.3) is 0 Å². The van der Waals surface area contributed by atoms with Gasteiger partial charge in [-0.1, -0.05) is 25.5 Å². The van der Waals surface area contributed by atoms with Crippen LogP contribution in [0.2, 0.25) is 0 Å². The number of rotatable bonds is 3. The topological polar surface area (TPSA) is 29.5 Å². The highest BCUT2D eigenvalue weighted by Gasteiger charge is 2.41. The molecule has 0 spiro atoms. The van der Waals surface area contributed by atoms with E-state index in [1.54, 1.807) is 7.11 Å². The lowest BCUT2D eigenvalue weighted by Gasteiger charge is -2.33. The van der Waals surface area contributed by atoms with Gasteiger partial charge in [-0.25, -0.2) is 0 Å². The minimum Gasteiger partial charge on any atom is -0.497 e. The molecule has 3 heteroatoms. The maximum absolute atomic E-state index is 12.8. The zero-order valence-corrected chi connectivity index (χ0v) is 12.1. The Kier molecular flexibility index (Phi) is 4.13. The fourth-order valence-corrected chi connectivity index (χ4v) is 3.07. The minimum atomic E-state index is -0.375. The molecule has 1 saturated heterocycles. The number of hydrogen-bond donors (Lipinski definition) is 0. The van der Waals surface area contributed by atoms with Gasteiger partial charge in [-0.05, 0) is 37.0 Å². The van der Waals surface area contributed by atoms with E-state index < -0.39 is 0 Å². The second-order valence-corrected chi connectivity index (χ2v) is 5.35. The predicted molar refractivity (Wildman–Crippen MR) is 76.5 cm³/mol. The lowest BCUT2D eigenvalue weighted by molar-refractivity contribution is -0.135. The van der Waals surface area contributed by atoms with Crippen molar-refractivity contribution in [3.05, 3.63) is 29.8 Å². The van der Waals surface area contributed by atoms with Crippen molar-refractivity contribution < 1.29 is 9.53 Å². The van der Waals surface area contributed by atoms with Crippen LogP contribution in [0.15, 0.2) is 24.3 Å². The van der Waals surface area contributed by atoms with Crippen molar-refractivity contribution in [1.82, 2.24) is 4.90 Å². The van der Waals surface area contributed by atoms with Gasteiger partial charge in [0.1, 0.15) is 5.75 Å². The van der Waals surface area contributed by atoms with E-state index in [-0.39, 0.29) is 11.3 Å². The molecule has 2 rings (SSSR count). The van der Waals surface area contributed by atoms with Crippen LogP contribution in [0.25, 0.3) is 0 Å². The van der Waals surface area contributed by atoms with Gasteiger partial charge in [0, 0.05) is 13.6 Å². The summed E-state index contributed by atoms with van der Waals surface area (Å²) in [6.45, 7) is 2.97. The SMILES string of the molecule is CCC1(c2cccc(OC)c2)CCCCN(C)C1=O. The number of ether oxygens (including phenoxy) is 1. The third kappa shape index (κ3) is 2.46. The van der Waals surface area contributed by atoms with Crippen LogP contribution in [0, 0.1) is 0 Å². The number of hydrogen-bond acceptors (Lipinski definition) is 2. The molecule has 3 nitrogen and oxygen atoms in total. The van der Waals surface area contributed by atoms with E-state index in [9.17, 15) is 4.79 Å². The molecule has 0 saturated carbocycles. The molecule has 1 aliphatic rings. The van der Waals surface area contributed by atoms with Gasteiger partial charge in [-0.3, -0.25) is 4.79 Å². The number of methoxy groups -OCH3 is 1. The average Bonchev–Trinajstić information content (AvgIpc) is 2.60. The monoisotopic (exact) mass is 261 g/mol. The standard InChI is InChI=1S/C16H23NO2/c1-4-16(10-5-6-11-17(2)15(16)18)13-8-7-9-14(12-13)19-3/h7-9,12H,4-6,10-11H2,1-3H3. The average molecular weight is 261 g/mol. The molecular formula is C16H23NO2. The van der Waals surface area contributed by atoms with Gasteiger partial charge < -0.3 is 9.64 Å². The van der Waals surface area contributed by atoms with Gasteiger partial charge >= 0.3 is 0 Å². The molecule has 1 amide bonds. The van der Waals surface area contributed by atoms with E-state index in [1.807, 2.05) is 30.1 Å². The Balaban J connectivity index is 2.47. The fourth-order valence-electron chi connectivity index (χ4n) is 3.07. The predicted octanol–water partition coefficient (Wildman–Crippen LogP) is 2.99. The summed E-state index contributed by atoms with van der Waals surface area (Å²) >= 11 is 0. The Morgan fingerprint density at radius 3 is 2.84 bits per heavy atom. The summed E-state index contributed by atoms with van der Waals surface area (Å²) in [4.78, 5) is 14.7. The second kappa shape index (κ2) is 5.64. The molecule has 0 aromatic heterocycles. The van der Waals surface area contributed by atoms with E-state index in [0.29, 0.717) is 0 Å². The van der Waals surface area contributed by atoms with Crippen LogP contribution >= 0.6 is 0 Å². The highest BCUT2D eigenvalue weighted by atomic mass is 16.5. The Labute approximate surface area is 115 Å². The van der Waals surface area contributed by atoms with Gasteiger partial charge in [-0.15, -0.1) is 0 Å². The van der Waals surface area contributed by atoms with Crippen molar-refractivity contribution >= 4 is 5.91 Å². The third-order valence-electron chi connectivity index (χ3n) is 4.33. The normalized spacial score (nSPS) is 24.2. The van der Waals surface area contributed by atoms with Crippen molar-refractivity contribution in [1.29, 1.82) is 0 Å². The van der Waals surface area contributed by atoms with Gasteiger partial charge in [0.05, 0.1) is 12.5 Å². The molecule has 0 bridgehead atoms. The number of likely N-dealkylation sites (N-methyl/N-ethyl adjacent to an activating group) is 1. The Morgan fingerprint density at radius 1 is 1.37 bits per heavy atom. The van der Waals surface area contributed by atoms with E-state index in [0.717, 1.165) is 43.5 Å². The zero-order chi connectivity index (χ0) is 13.9. The van der Waals surface area contributed by atoms with Crippen LogP contribution in [0.1, 0.15) is 38.2 Å². The second-order valence-electron chi connectivity index (χ2n) is 5.35. The van der Waals surface area contributed by atoms with Crippen LogP contribution < -0.4 is 4.74 Å². The number of benzene rings is 1. The lowest BCUT2D eigenvalue weighted by atomic mass is 9.73. The van der Waals surface area contributed by atoms with E-state index >= 15 is 0 Å². The first kappa shape index (κ1) is 13.9. The number of amides is 1. The number of carbonyl (C=O) groups is 1. The van der Waals surface area contributed by atoms with E-state index in [4.69, 9.17) is 4.74 Å². The van der Waals surface area contributed by atoms with Gasteiger partial charge in [-0.2, -0.15) is 0 Å². The summed E-state index contributed by atoms with van der Waals surface area (Å²) in [7, 11) is 3.58. The van der Waals surface area contributed by atoms with Crippen LogP contribution in [-0.4, -0.2) is 31.5 Å². The van der Waals surface area contributed by atoms with Gasteiger partial charge in [0.15, 0.2) is 0 Å². The molecule has 1 fully saturated rings. The van der Waals surface area contributed by atoms with E-state index in [2.05, 4.69) is 13.0 Å². The molecule has 0 radical (unpaired) electrons. The molecule has 1 atom stereocenters. The fraction of sp³-hybridized carbons (Fsp3) is 0.562. The number of likely N-dealkylation sites (tertiary alicyclic amines) is 1. The maximum atomic E-state index is 12.8. The molecule has 104 valence electrons. The van der Waals surface area contributed by atoms with Crippen LogP contribution in [-0.2, 0) is 10.2 Å². The highest BCUT2D eigenvalue weighted by Crippen LogP contribution is 2.38. The molecular weight excluding hydrogens is 238 g/mol. The molecule has 0 aliphatic carbocycles. The highest BCUT2D eigenvalue weighted by molar-refractivity contribution is 5.88. The molecule has 1 aliphatic heterocycles. The summed E-state index contributed by atoms with van der Waals surface area (Å²) in [5.41, 5.74) is 0.716. The lowest BCUT2D eigenvalue weighted by Crippen LogP contribution is -2.43. The van der Waals surface area contributed by atoms with E-state index in [1.165, 1.54) is 0 Å². The molecule has 1 aromatic rings. The van der Waals surface area contributed by atoms with Crippen molar-refractivity contribution in [2.24, 2.45) is 0 Å². The first-order valence-electron chi connectivity index (χ1n) is 7.04. The zero-order valence-electron chi connectivity index (χ0n) is 12.1. The minimum absolute atomic E-state index is 0.251. The van der Waals surface area contributed by atoms with Crippen molar-refractivity contribution in [2.45, 2.75) is 38.0 Å². The quantitative estimate of drug-likeness (QED) is 0.837. The number of nitrogens with zero attached hydrogens (tertiary/aromatic N) is 1. The molecule has 1 heterocycles. The Hall–Kier alpha value is -1.51. The molecule has 0 N–H and O–H groups in total. The molecule has 1 unspecified atom stereocenters. The smallest absolute Gasteiger partial charge is 0.232 e. The van der Waals surface area contributed by atoms with Crippen molar-refractivity contribution in [3.8, 4) is 5.75 Å². The molecule has 1 aromatic carbocycles. The first-order valence-corrected chi connectivity index (χ1v) is 7.04. The van der Waals surface area contributed by atoms with Crippen molar-refractivity contribution in [3.63, 3.8) is 0 Å².